The highest BCUT2D eigenvalue weighted by molar-refractivity contribution is 8.13. The van der Waals surface area contributed by atoms with Crippen LogP contribution in [-0.4, -0.2) is 11.0 Å². The van der Waals surface area contributed by atoms with E-state index in [-0.39, 0.29) is 21.0 Å². The third kappa shape index (κ3) is 5.33. The second-order valence-electron chi connectivity index (χ2n) is 4.83. The van der Waals surface area contributed by atoms with Crippen molar-refractivity contribution in [2.45, 2.75) is 38.0 Å². The highest BCUT2D eigenvalue weighted by Crippen LogP contribution is 2.32. The molecule has 1 aromatic rings. The zero-order valence-corrected chi connectivity index (χ0v) is 13.7. The number of hydrogen-bond donors (Lipinski definition) is 0. The van der Waals surface area contributed by atoms with Crippen LogP contribution < -0.4 is 0 Å². The van der Waals surface area contributed by atoms with Crippen molar-refractivity contribution in [1.29, 1.82) is 0 Å². The summed E-state index contributed by atoms with van der Waals surface area (Å²) in [6, 6.07) is 2.08. The summed E-state index contributed by atoms with van der Waals surface area (Å²) < 4.78 is 13.7. The van der Waals surface area contributed by atoms with E-state index >= 15 is 0 Å². The molecule has 0 aromatic heterocycles. The Morgan fingerprint density at radius 3 is 2.77 bits per heavy atom. The van der Waals surface area contributed by atoms with Crippen molar-refractivity contribution in [3.8, 4) is 0 Å². The zero-order chi connectivity index (χ0) is 16.7. The van der Waals surface area contributed by atoms with E-state index in [4.69, 9.17) is 17.1 Å². The molecule has 0 N–H and O–H groups in total. The number of thioether (sulfide) groups is 1. The minimum Gasteiger partial charge on any atom is -0.287 e. The van der Waals surface area contributed by atoms with Gasteiger partial charge < -0.3 is 0 Å². The average Bonchev–Trinajstić information content (AvgIpc) is 2.42. The van der Waals surface area contributed by atoms with E-state index in [0.29, 0.717) is 6.42 Å². The third-order valence-electron chi connectivity index (χ3n) is 2.91. The van der Waals surface area contributed by atoms with E-state index in [1.54, 1.807) is 0 Å². The second-order valence-corrected chi connectivity index (χ2v) is 6.34. The molecule has 1 rings (SSSR count). The van der Waals surface area contributed by atoms with Gasteiger partial charge in [0.05, 0.1) is 10.6 Å². The van der Waals surface area contributed by atoms with Crippen LogP contribution in [0.1, 0.15) is 43.5 Å². The van der Waals surface area contributed by atoms with E-state index in [0.717, 1.165) is 36.7 Å². The van der Waals surface area contributed by atoms with E-state index in [1.165, 1.54) is 0 Å². The molecule has 1 atom stereocenters. The van der Waals surface area contributed by atoms with Gasteiger partial charge in [-0.1, -0.05) is 50.1 Å². The first-order chi connectivity index (χ1) is 10.4. The Morgan fingerprint density at radius 2 is 2.18 bits per heavy atom. The molecule has 5 nitrogen and oxygen atoms in total. The summed E-state index contributed by atoms with van der Waals surface area (Å²) in [6.07, 6.45) is 2.29. The van der Waals surface area contributed by atoms with Crippen molar-refractivity contribution in [2.24, 2.45) is 11.0 Å². The quantitative estimate of drug-likeness (QED) is 0.301. The molecule has 1 amide bonds. The predicted octanol–water partition coefficient (Wildman–Crippen LogP) is 5.37. The molecule has 8 heteroatoms. The maximum absolute atomic E-state index is 13.7. The molecular weight excluding hydrogens is 329 g/mol. The van der Waals surface area contributed by atoms with Crippen LogP contribution in [0.4, 0.5) is 4.39 Å². The van der Waals surface area contributed by atoms with Gasteiger partial charge in [-0.3, -0.25) is 9.59 Å². The summed E-state index contributed by atoms with van der Waals surface area (Å²) in [5.41, 5.74) is 7.83. The van der Waals surface area contributed by atoms with Gasteiger partial charge >= 0.3 is 0 Å². The molecule has 0 radical (unpaired) electrons. The Bertz CT molecular complexity index is 633. The maximum atomic E-state index is 13.7. The minimum atomic E-state index is -1.05. The van der Waals surface area contributed by atoms with Crippen LogP contribution >= 0.6 is 23.4 Å². The van der Waals surface area contributed by atoms with Crippen LogP contribution in [0.2, 0.25) is 5.02 Å². The van der Waals surface area contributed by atoms with E-state index < -0.39 is 17.3 Å². The minimum absolute atomic E-state index is 0.0384. The molecule has 0 spiro atoms. The molecule has 0 saturated heterocycles. The van der Waals surface area contributed by atoms with Crippen molar-refractivity contribution in [3.05, 3.63) is 39.0 Å². The highest BCUT2D eigenvalue weighted by Gasteiger charge is 2.17. The lowest BCUT2D eigenvalue weighted by Gasteiger charge is -2.10. The third-order valence-corrected chi connectivity index (χ3v) is 4.28. The van der Waals surface area contributed by atoms with Crippen LogP contribution in [0, 0.1) is 11.7 Å². The van der Waals surface area contributed by atoms with Gasteiger partial charge in [0, 0.05) is 16.2 Å². The van der Waals surface area contributed by atoms with Gasteiger partial charge in [-0.25, -0.2) is 4.39 Å². The van der Waals surface area contributed by atoms with Crippen molar-refractivity contribution >= 4 is 34.4 Å². The molecule has 0 bridgehead atoms. The molecule has 0 fully saturated rings. The summed E-state index contributed by atoms with van der Waals surface area (Å²) in [5.74, 6) is -1.70. The number of carbonyl (C=O) groups is 2. The fourth-order valence-corrected chi connectivity index (χ4v) is 3.12. The smallest absolute Gasteiger partial charge is 0.252 e. The molecule has 118 valence electrons. The van der Waals surface area contributed by atoms with Gasteiger partial charge in [0.25, 0.3) is 5.91 Å². The summed E-state index contributed by atoms with van der Waals surface area (Å²) in [5, 5.41) is 2.77. The fraction of sp³-hybridized carbons (Fsp3) is 0.429. The number of nitrogens with zero attached hydrogens (tertiary/aromatic N) is 3. The topological polar surface area (TPSA) is 82.9 Å². The Balaban J connectivity index is 2.95. The largest absolute Gasteiger partial charge is 0.287 e. The van der Waals surface area contributed by atoms with Crippen LogP contribution in [0.25, 0.3) is 10.4 Å². The first-order valence-corrected chi connectivity index (χ1v) is 7.87. The molecule has 22 heavy (non-hydrogen) atoms. The fourth-order valence-electron chi connectivity index (χ4n) is 1.91. The Kier molecular flexibility index (Phi) is 7.38. The summed E-state index contributed by atoms with van der Waals surface area (Å²) in [4.78, 5) is 26.1. The van der Waals surface area contributed by atoms with Crippen LogP contribution in [0.5, 0.6) is 0 Å². The van der Waals surface area contributed by atoms with Gasteiger partial charge in [-0.15, -0.1) is 0 Å². The Labute approximate surface area is 136 Å². The van der Waals surface area contributed by atoms with Crippen molar-refractivity contribution < 1.29 is 14.0 Å². The number of azide groups is 1. The number of rotatable bonds is 6. The average molecular weight is 344 g/mol. The normalized spacial score (nSPS) is 11.6. The zero-order valence-electron chi connectivity index (χ0n) is 12.2. The Hall–Kier alpha value is -1.56. The maximum Gasteiger partial charge on any atom is 0.252 e. The predicted molar refractivity (Wildman–Crippen MR) is 84.4 cm³/mol. The van der Waals surface area contributed by atoms with Crippen molar-refractivity contribution in [2.75, 3.05) is 0 Å². The first kappa shape index (κ1) is 18.5. The molecule has 0 heterocycles. The van der Waals surface area contributed by atoms with Crippen LogP contribution in [0.15, 0.2) is 22.1 Å². The molecule has 1 aromatic carbocycles. The molecular formula is C14H15ClFN3O2S. The van der Waals surface area contributed by atoms with Crippen LogP contribution in [-0.2, 0) is 4.79 Å². The monoisotopic (exact) mass is 343 g/mol. The van der Waals surface area contributed by atoms with E-state index in [2.05, 4.69) is 10.0 Å². The number of halogens is 2. The van der Waals surface area contributed by atoms with Gasteiger partial charge in [0.15, 0.2) is 5.12 Å². The standard InChI is InChI=1S/C14H15ClFN3O2S/c1-3-4-8(2)5-13(20)22-12-6-9(14(21)18-19-17)11(16)7-10(12)15/h6-8H,3-5H2,1-2H3. The number of amides is 1. The SMILES string of the molecule is CCCC(C)CC(=O)Sc1cc(C(=O)N=[N+]=[N-])c(F)cc1Cl. The molecule has 0 aliphatic carbocycles. The molecule has 0 saturated carbocycles. The lowest BCUT2D eigenvalue weighted by molar-refractivity contribution is -0.111. The van der Waals surface area contributed by atoms with E-state index in [1.807, 2.05) is 13.8 Å². The number of benzene rings is 1. The molecule has 0 aliphatic rings. The lowest BCUT2D eigenvalue weighted by atomic mass is 10.0. The summed E-state index contributed by atoms with van der Waals surface area (Å²) in [7, 11) is 0. The summed E-state index contributed by atoms with van der Waals surface area (Å²) in [6.45, 7) is 4.02. The lowest BCUT2D eigenvalue weighted by Crippen LogP contribution is -2.03. The first-order valence-electron chi connectivity index (χ1n) is 6.68. The highest BCUT2D eigenvalue weighted by atomic mass is 35.5. The van der Waals surface area contributed by atoms with Gasteiger partial charge in [-0.2, -0.15) is 0 Å². The van der Waals surface area contributed by atoms with Crippen LogP contribution in [0.3, 0.4) is 0 Å². The van der Waals surface area contributed by atoms with Gasteiger partial charge in [-0.05, 0) is 28.7 Å². The van der Waals surface area contributed by atoms with Crippen molar-refractivity contribution in [3.63, 3.8) is 0 Å². The van der Waals surface area contributed by atoms with Gasteiger partial charge in [0.1, 0.15) is 5.82 Å². The molecule has 1 unspecified atom stereocenters. The van der Waals surface area contributed by atoms with Gasteiger partial charge in [0.2, 0.25) is 0 Å². The Morgan fingerprint density at radius 1 is 1.50 bits per heavy atom. The number of hydrogen-bond acceptors (Lipinski definition) is 3. The number of carbonyl (C=O) groups excluding carboxylic acids is 2. The van der Waals surface area contributed by atoms with E-state index in [9.17, 15) is 14.0 Å². The van der Waals surface area contributed by atoms with Crippen molar-refractivity contribution in [1.82, 2.24) is 0 Å². The second kappa shape index (κ2) is 8.78. The molecule has 0 aliphatic heterocycles. The summed E-state index contributed by atoms with van der Waals surface area (Å²) >= 11 is 6.76.